The third-order valence-electron chi connectivity index (χ3n) is 13.5. The van der Waals surface area contributed by atoms with Gasteiger partial charge in [-0.2, -0.15) is 0 Å². The Balaban J connectivity index is 0.00000657. The van der Waals surface area contributed by atoms with Gasteiger partial charge in [-0.05, 0) is 115 Å². The van der Waals surface area contributed by atoms with E-state index in [0.717, 1.165) is 77.8 Å². The number of hydrogen-bond donors (Lipinski definition) is 0. The molecule has 0 fully saturated rings. The molecule has 0 spiro atoms. The molecule has 5 heteroatoms. The van der Waals surface area contributed by atoms with Gasteiger partial charge in [0.1, 0.15) is 5.58 Å². The Hall–Kier alpha value is -7.56. The van der Waals surface area contributed by atoms with Crippen LogP contribution in [0.5, 0.6) is 0 Å². The molecule has 0 bridgehead atoms. The van der Waals surface area contributed by atoms with Gasteiger partial charge in [-0.25, -0.2) is 0 Å². The summed E-state index contributed by atoms with van der Waals surface area (Å²) in [4.78, 5) is 14.6. The zero-order valence-electron chi connectivity index (χ0n) is 44.6. The van der Waals surface area contributed by atoms with Crippen LogP contribution in [0.15, 0.2) is 211 Å². The van der Waals surface area contributed by atoms with Gasteiger partial charge in [-0.1, -0.05) is 160 Å². The van der Waals surface area contributed by atoms with Gasteiger partial charge in [0.2, 0.25) is 0 Å². The van der Waals surface area contributed by atoms with Gasteiger partial charge in [0.05, 0.1) is 5.58 Å². The van der Waals surface area contributed by atoms with E-state index in [1.54, 1.807) is 0 Å². The van der Waals surface area contributed by atoms with Crippen LogP contribution in [-0.2, 0) is 56.5 Å². The van der Waals surface area contributed by atoms with Gasteiger partial charge in [-0.15, -0.1) is 90.0 Å². The van der Waals surface area contributed by atoms with Gasteiger partial charge >= 0.3 is 20.1 Å². The van der Waals surface area contributed by atoms with E-state index in [1.807, 2.05) is 152 Å². The molecule has 11 rings (SSSR count). The first kappa shape index (κ1) is 43.2. The van der Waals surface area contributed by atoms with Crippen LogP contribution >= 0.6 is 0 Å². The van der Waals surface area contributed by atoms with E-state index in [-0.39, 0.29) is 31.2 Å². The summed E-state index contributed by atoms with van der Waals surface area (Å²) < 4.78 is 46.8. The van der Waals surface area contributed by atoms with Crippen molar-refractivity contribution >= 4 is 21.9 Å². The number of fused-ring (bicyclic) bond motifs is 3. The normalized spacial score (nSPS) is 12.9. The molecule has 4 nitrogen and oxygen atoms in total. The molecule has 0 N–H and O–H groups in total. The Labute approximate surface area is 442 Å². The fourth-order valence-corrected chi connectivity index (χ4v) is 9.71. The summed E-state index contributed by atoms with van der Waals surface area (Å²) in [6, 6.07) is 71.4. The quantitative estimate of drug-likeness (QED) is 0.102. The van der Waals surface area contributed by atoms with E-state index >= 15 is 0 Å². The Morgan fingerprint density at radius 2 is 1.04 bits per heavy atom. The maximum atomic E-state index is 10.0. The maximum Gasteiger partial charge on any atom is 3.00 e. The van der Waals surface area contributed by atoms with E-state index in [2.05, 4.69) is 94.4 Å². The molecule has 11 aromatic rings. The summed E-state index contributed by atoms with van der Waals surface area (Å²) in [6.07, 6.45) is 1.28. The van der Waals surface area contributed by atoms with Crippen molar-refractivity contribution in [2.75, 3.05) is 0 Å². The van der Waals surface area contributed by atoms with Gasteiger partial charge in [0.15, 0.2) is 0 Å². The van der Waals surface area contributed by atoms with Crippen molar-refractivity contribution in [3.8, 4) is 56.0 Å². The zero-order valence-corrected chi connectivity index (χ0v) is 43.0. The molecule has 0 saturated carbocycles. The van der Waals surface area contributed by atoms with Crippen molar-refractivity contribution in [2.24, 2.45) is 0 Å². The Morgan fingerprint density at radius 3 is 1.61 bits per heavy atom. The predicted molar refractivity (Wildman–Crippen MR) is 291 cm³/mol. The number of rotatable bonds is 14. The monoisotopic (exact) mass is 1110 g/mol. The Kier molecular flexibility index (Phi) is 12.4. The minimum Gasteiger partial charge on any atom is -0.501 e. The Morgan fingerprint density at radius 1 is 0.472 bits per heavy atom. The van der Waals surface area contributed by atoms with Crippen LogP contribution in [0.1, 0.15) is 66.6 Å². The summed E-state index contributed by atoms with van der Waals surface area (Å²) in [5.74, 6) is 0. The van der Waals surface area contributed by atoms with E-state index in [0.29, 0.717) is 35.2 Å². The van der Waals surface area contributed by atoms with Crippen LogP contribution in [-0.4, -0.2) is 15.0 Å². The number of furan rings is 1. The van der Waals surface area contributed by atoms with E-state index in [1.165, 1.54) is 6.20 Å². The first-order chi connectivity index (χ1) is 36.1. The number of aromatic nitrogens is 3. The van der Waals surface area contributed by atoms with Crippen molar-refractivity contribution in [3.05, 3.63) is 258 Å². The maximum absolute atomic E-state index is 10.0. The minimum absolute atomic E-state index is 0. The van der Waals surface area contributed by atoms with E-state index < -0.39 is 23.6 Å². The number of hydrogen-bond acceptors (Lipinski definition) is 4. The van der Waals surface area contributed by atoms with Crippen LogP contribution in [0.3, 0.4) is 0 Å². The van der Waals surface area contributed by atoms with Crippen LogP contribution in [0.2, 0.25) is 0 Å². The van der Waals surface area contributed by atoms with Crippen molar-refractivity contribution in [1.82, 2.24) is 15.0 Å². The van der Waals surface area contributed by atoms with Crippen molar-refractivity contribution < 1.29 is 30.0 Å². The average Bonchev–Trinajstić information content (AvgIpc) is 3.84. The van der Waals surface area contributed by atoms with E-state index in [9.17, 15) is 5.48 Å². The van der Waals surface area contributed by atoms with Crippen LogP contribution < -0.4 is 0 Å². The zero-order chi connectivity index (χ0) is 52.0. The number of nitrogens with zero attached hydrogens (tertiary/aromatic N) is 3. The summed E-state index contributed by atoms with van der Waals surface area (Å²) >= 11 is 0. The van der Waals surface area contributed by atoms with Crippen LogP contribution in [0, 0.1) is 18.2 Å². The molecule has 0 aliphatic carbocycles. The minimum atomic E-state index is -2.59. The second-order valence-corrected chi connectivity index (χ2v) is 19.6. The van der Waals surface area contributed by atoms with E-state index in [4.69, 9.17) is 19.4 Å². The van der Waals surface area contributed by atoms with Crippen molar-refractivity contribution in [1.29, 1.82) is 0 Å². The van der Waals surface area contributed by atoms with Gasteiger partial charge in [0.25, 0.3) is 0 Å². The second kappa shape index (κ2) is 20.7. The smallest absolute Gasteiger partial charge is 0.501 e. The first-order valence-corrected chi connectivity index (χ1v) is 24.1. The topological polar surface area (TPSA) is 51.8 Å². The molecule has 0 radical (unpaired) electrons. The summed E-state index contributed by atoms with van der Waals surface area (Å²) in [5.41, 5.74) is 12.7. The second-order valence-electron chi connectivity index (χ2n) is 19.6. The molecule has 7 aromatic carbocycles. The molecule has 0 unspecified atom stereocenters. The average molecular weight is 1110 g/mol. The third-order valence-corrected chi connectivity index (χ3v) is 13.5. The molecule has 4 heterocycles. The fourth-order valence-electron chi connectivity index (χ4n) is 9.71. The van der Waals surface area contributed by atoms with Crippen LogP contribution in [0.25, 0.3) is 78.0 Å². The van der Waals surface area contributed by atoms with Gasteiger partial charge in [0, 0.05) is 29.5 Å². The number of pyridine rings is 3. The summed E-state index contributed by atoms with van der Waals surface area (Å²) in [7, 11) is 0. The molecule has 352 valence electrons. The standard InChI is InChI=1S/C67H54N3O.Ir/c1-66(2,55-31-34-61(69-44-55)51-22-13-7-14-23-51)41-47-36-46(37-48(38-47)42-67(3,4)56-32-35-62(70-45-56)52-24-15-8-16-25-52)28-29-54-43-68-63(40-60(54)50-20-11-6-12-21-50)59-27-17-26-58-57-33-30-53(39-64(57)71-65(58)59)49-18-9-5-10-19-49;/h5-22,24,26,30-40,43-45H,28-29,41-42H2,1-4H3;/q-3;+3/i28D2,29D2;. The SMILES string of the molecule is [2H]C([2H])(c1cc(CC(C)(C)c2ccc(-c3[c-]cccc3)nc2)cc(CC(C)(C)c2ccc(-c3[c-]cccc3)nc2)c1)C([2H])([2H])c1cnc(-c2[c-]ccc3c2oc2cc(-c4ccccc4)ccc23)cc1-c1ccccc1.[Ir+3]. The van der Waals surface area contributed by atoms with Gasteiger partial charge in [-0.3, -0.25) is 0 Å². The number of aryl methyl sites for hydroxylation is 2. The molecule has 0 amide bonds. The summed E-state index contributed by atoms with van der Waals surface area (Å²) in [5, 5.41) is 1.88. The summed E-state index contributed by atoms with van der Waals surface area (Å²) in [6.45, 7) is 8.68. The van der Waals surface area contributed by atoms with Gasteiger partial charge < -0.3 is 19.4 Å². The Bertz CT molecular complexity index is 3690. The molecule has 0 atom stereocenters. The molecular formula is C67H54IrN3O. The molecule has 0 aliphatic heterocycles. The number of benzene rings is 7. The first-order valence-electron chi connectivity index (χ1n) is 26.1. The fraction of sp³-hybridized carbons (Fsp3) is 0.149. The van der Waals surface area contributed by atoms with Crippen molar-refractivity contribution in [2.45, 2.75) is 64.1 Å². The largest absolute Gasteiger partial charge is 3.00 e. The van der Waals surface area contributed by atoms with Crippen molar-refractivity contribution in [3.63, 3.8) is 0 Å². The predicted octanol–water partition coefficient (Wildman–Crippen LogP) is 16.3. The molecule has 4 aromatic heterocycles. The molecular weight excluding hydrogens is 1050 g/mol. The third kappa shape index (κ3) is 10.3. The molecule has 0 saturated heterocycles. The van der Waals surface area contributed by atoms with Crippen LogP contribution in [0.4, 0.5) is 0 Å². The molecule has 0 aliphatic rings. The molecule has 72 heavy (non-hydrogen) atoms.